The molecule has 2 N–H and O–H groups in total. The Morgan fingerprint density at radius 2 is 1.55 bits per heavy atom. The van der Waals surface area contributed by atoms with E-state index in [2.05, 4.69) is 36.4 Å². The molecule has 0 aromatic heterocycles. The van der Waals surface area contributed by atoms with Gasteiger partial charge in [-0.15, -0.1) is 0 Å². The molecule has 22 heavy (non-hydrogen) atoms. The number of nitrogens with two attached hydrogens (primary N) is 1. The van der Waals surface area contributed by atoms with Crippen molar-refractivity contribution in [3.05, 3.63) is 60.2 Å². The second-order valence-electron chi connectivity index (χ2n) is 5.91. The second-order valence-corrected chi connectivity index (χ2v) is 5.91. The summed E-state index contributed by atoms with van der Waals surface area (Å²) in [5, 5.41) is 0. The van der Waals surface area contributed by atoms with Crippen LogP contribution in [0.3, 0.4) is 0 Å². The Bertz CT molecular complexity index is 616. The van der Waals surface area contributed by atoms with E-state index in [9.17, 15) is 4.79 Å². The van der Waals surface area contributed by atoms with E-state index in [0.29, 0.717) is 6.42 Å². The maximum Gasteiger partial charge on any atom is 0.239 e. The SMILES string of the molecule is NC(Cc1ccc(-c2ccccc2)cc1)C(=O)N1CCCC1. The molecule has 114 valence electrons. The molecule has 1 heterocycles. The molecule has 1 atom stereocenters. The van der Waals surface area contributed by atoms with Gasteiger partial charge in [-0.3, -0.25) is 4.79 Å². The van der Waals surface area contributed by atoms with Gasteiger partial charge >= 0.3 is 0 Å². The van der Waals surface area contributed by atoms with Crippen LogP contribution in [0.25, 0.3) is 11.1 Å². The number of likely N-dealkylation sites (tertiary alicyclic amines) is 1. The summed E-state index contributed by atoms with van der Waals surface area (Å²) in [6.07, 6.45) is 2.80. The first kappa shape index (κ1) is 14.8. The number of carbonyl (C=O) groups excluding carboxylic acids is 1. The molecule has 1 aliphatic rings. The quantitative estimate of drug-likeness (QED) is 0.942. The van der Waals surface area contributed by atoms with Gasteiger partial charge in [0.05, 0.1) is 6.04 Å². The highest BCUT2D eigenvalue weighted by molar-refractivity contribution is 5.82. The zero-order valence-corrected chi connectivity index (χ0v) is 12.7. The molecule has 0 spiro atoms. The van der Waals surface area contributed by atoms with Gasteiger partial charge in [0.15, 0.2) is 0 Å². The van der Waals surface area contributed by atoms with Crippen LogP contribution in [0.4, 0.5) is 0 Å². The average molecular weight is 294 g/mol. The van der Waals surface area contributed by atoms with Crippen molar-refractivity contribution in [2.45, 2.75) is 25.3 Å². The van der Waals surface area contributed by atoms with Crippen molar-refractivity contribution in [1.29, 1.82) is 0 Å². The minimum absolute atomic E-state index is 0.0876. The second kappa shape index (κ2) is 6.75. The Hall–Kier alpha value is -2.13. The van der Waals surface area contributed by atoms with Crippen molar-refractivity contribution in [3.8, 4) is 11.1 Å². The summed E-state index contributed by atoms with van der Waals surface area (Å²) in [6.45, 7) is 1.72. The summed E-state index contributed by atoms with van der Waals surface area (Å²) in [5.74, 6) is 0.0876. The first-order valence-electron chi connectivity index (χ1n) is 7.93. The zero-order valence-electron chi connectivity index (χ0n) is 12.7. The van der Waals surface area contributed by atoms with Gasteiger partial charge in [-0.1, -0.05) is 54.6 Å². The number of hydrogen-bond donors (Lipinski definition) is 1. The van der Waals surface area contributed by atoms with E-state index in [1.165, 1.54) is 11.1 Å². The summed E-state index contributed by atoms with van der Waals surface area (Å²) in [4.78, 5) is 14.1. The Labute approximate surface area is 131 Å². The molecule has 0 aliphatic carbocycles. The topological polar surface area (TPSA) is 46.3 Å². The maximum absolute atomic E-state index is 12.2. The third-order valence-corrected chi connectivity index (χ3v) is 4.25. The molecule has 3 rings (SSSR count). The number of hydrogen-bond acceptors (Lipinski definition) is 2. The Morgan fingerprint density at radius 3 is 2.18 bits per heavy atom. The molecular formula is C19H22N2O. The van der Waals surface area contributed by atoms with E-state index in [0.717, 1.165) is 31.5 Å². The smallest absolute Gasteiger partial charge is 0.239 e. The van der Waals surface area contributed by atoms with Crippen molar-refractivity contribution in [3.63, 3.8) is 0 Å². The minimum Gasteiger partial charge on any atom is -0.341 e. The predicted octanol–water partition coefficient (Wildman–Crippen LogP) is 2.85. The van der Waals surface area contributed by atoms with Crippen molar-refractivity contribution in [2.24, 2.45) is 5.73 Å². The van der Waals surface area contributed by atoms with Gasteiger partial charge in [-0.05, 0) is 36.0 Å². The Morgan fingerprint density at radius 1 is 0.955 bits per heavy atom. The normalized spacial score (nSPS) is 15.8. The molecule has 1 amide bonds. The standard InChI is InChI=1S/C19H22N2O/c20-18(19(22)21-12-4-5-13-21)14-15-8-10-17(11-9-15)16-6-2-1-3-7-16/h1-3,6-11,18H,4-5,12-14,20H2. The fraction of sp³-hybridized carbons (Fsp3) is 0.316. The Balaban J connectivity index is 1.64. The molecule has 0 radical (unpaired) electrons. The van der Waals surface area contributed by atoms with Gasteiger partial charge in [-0.2, -0.15) is 0 Å². The highest BCUT2D eigenvalue weighted by Crippen LogP contribution is 2.20. The van der Waals surface area contributed by atoms with Crippen LogP contribution in [0.15, 0.2) is 54.6 Å². The van der Waals surface area contributed by atoms with Crippen LogP contribution in [0.1, 0.15) is 18.4 Å². The van der Waals surface area contributed by atoms with Gasteiger partial charge in [-0.25, -0.2) is 0 Å². The van der Waals surface area contributed by atoms with E-state index >= 15 is 0 Å². The summed E-state index contributed by atoms with van der Waals surface area (Å²) in [7, 11) is 0. The van der Waals surface area contributed by atoms with Gasteiger partial charge < -0.3 is 10.6 Å². The van der Waals surface area contributed by atoms with Crippen LogP contribution in [0.2, 0.25) is 0 Å². The third kappa shape index (κ3) is 3.37. The number of amides is 1. The Kier molecular flexibility index (Phi) is 4.54. The third-order valence-electron chi connectivity index (χ3n) is 4.25. The van der Waals surface area contributed by atoms with Gasteiger partial charge in [0.2, 0.25) is 5.91 Å². The van der Waals surface area contributed by atoms with Crippen LogP contribution in [0, 0.1) is 0 Å². The largest absolute Gasteiger partial charge is 0.341 e. The van der Waals surface area contributed by atoms with Crippen molar-refractivity contribution in [1.82, 2.24) is 4.90 Å². The summed E-state index contributed by atoms with van der Waals surface area (Å²) >= 11 is 0. The molecule has 1 unspecified atom stereocenters. The molecule has 3 nitrogen and oxygen atoms in total. The van der Waals surface area contributed by atoms with Crippen molar-refractivity contribution in [2.75, 3.05) is 13.1 Å². The van der Waals surface area contributed by atoms with E-state index in [1.807, 2.05) is 23.1 Å². The number of carbonyl (C=O) groups is 1. The summed E-state index contributed by atoms with van der Waals surface area (Å²) < 4.78 is 0. The molecule has 3 heteroatoms. The molecule has 2 aromatic rings. The van der Waals surface area contributed by atoms with Gasteiger partial charge in [0.25, 0.3) is 0 Å². The van der Waals surface area contributed by atoms with Crippen LogP contribution in [-0.2, 0) is 11.2 Å². The van der Waals surface area contributed by atoms with Crippen LogP contribution >= 0.6 is 0 Å². The highest BCUT2D eigenvalue weighted by atomic mass is 16.2. The van der Waals surface area contributed by atoms with Gasteiger partial charge in [0, 0.05) is 13.1 Å². The summed E-state index contributed by atoms with van der Waals surface area (Å²) in [6, 6.07) is 18.2. The monoisotopic (exact) mass is 294 g/mol. The molecule has 1 fully saturated rings. The first-order valence-corrected chi connectivity index (χ1v) is 7.93. The summed E-state index contributed by atoms with van der Waals surface area (Å²) in [5.41, 5.74) is 9.58. The number of rotatable bonds is 4. The number of nitrogens with zero attached hydrogens (tertiary/aromatic N) is 1. The fourth-order valence-electron chi connectivity index (χ4n) is 2.98. The van der Waals surface area contributed by atoms with E-state index in [-0.39, 0.29) is 5.91 Å². The van der Waals surface area contributed by atoms with Crippen molar-refractivity contribution >= 4 is 5.91 Å². The molecule has 1 saturated heterocycles. The fourth-order valence-corrected chi connectivity index (χ4v) is 2.98. The number of benzene rings is 2. The lowest BCUT2D eigenvalue weighted by Crippen LogP contribution is -2.43. The molecular weight excluding hydrogens is 272 g/mol. The lowest BCUT2D eigenvalue weighted by atomic mass is 10.0. The van der Waals surface area contributed by atoms with Crippen LogP contribution < -0.4 is 5.73 Å². The first-order chi connectivity index (χ1) is 10.7. The maximum atomic E-state index is 12.2. The molecule has 0 bridgehead atoms. The zero-order chi connectivity index (χ0) is 15.4. The lowest BCUT2D eigenvalue weighted by Gasteiger charge is -2.20. The molecule has 0 saturated carbocycles. The van der Waals surface area contributed by atoms with Crippen LogP contribution in [-0.4, -0.2) is 29.9 Å². The average Bonchev–Trinajstić information content (AvgIpc) is 3.10. The lowest BCUT2D eigenvalue weighted by molar-refractivity contribution is -0.131. The van der Waals surface area contributed by atoms with Gasteiger partial charge in [0.1, 0.15) is 0 Å². The van der Waals surface area contributed by atoms with E-state index in [1.54, 1.807) is 0 Å². The molecule has 1 aliphatic heterocycles. The van der Waals surface area contributed by atoms with E-state index < -0.39 is 6.04 Å². The van der Waals surface area contributed by atoms with Crippen LogP contribution in [0.5, 0.6) is 0 Å². The highest BCUT2D eigenvalue weighted by Gasteiger charge is 2.23. The van der Waals surface area contributed by atoms with E-state index in [4.69, 9.17) is 5.73 Å². The predicted molar refractivity (Wildman–Crippen MR) is 89.4 cm³/mol. The molecule has 2 aromatic carbocycles. The van der Waals surface area contributed by atoms with Crippen molar-refractivity contribution < 1.29 is 4.79 Å². The minimum atomic E-state index is -0.430.